The molecule has 0 aliphatic heterocycles. The van der Waals surface area contributed by atoms with Crippen molar-refractivity contribution in [3.63, 3.8) is 0 Å². The van der Waals surface area contributed by atoms with E-state index >= 15 is 0 Å². The van der Waals surface area contributed by atoms with Crippen molar-refractivity contribution in [2.45, 2.75) is 0 Å². The molecule has 11 aromatic rings. The molecule has 8 aromatic carbocycles. The maximum Gasteiger partial charge on any atom is 0.159 e. The SMILES string of the molecule is c1ccc(N(c2ccc(-c3cccc4c3sc3ccccc34)cc2)c2cccc3c2oc2ccccc23)c(-c2cccc3c2oc2ccccc23)c1. The molecule has 3 heterocycles. The number of furan rings is 2. The van der Waals surface area contributed by atoms with Crippen LogP contribution in [0.3, 0.4) is 0 Å². The Kier molecular flexibility index (Phi) is 6.42. The van der Waals surface area contributed by atoms with Crippen LogP contribution in [0.4, 0.5) is 17.1 Å². The van der Waals surface area contributed by atoms with Gasteiger partial charge in [-0.1, -0.05) is 133 Å². The highest BCUT2D eigenvalue weighted by Gasteiger charge is 2.23. The van der Waals surface area contributed by atoms with Crippen molar-refractivity contribution in [2.24, 2.45) is 0 Å². The number of hydrogen-bond acceptors (Lipinski definition) is 4. The van der Waals surface area contributed by atoms with Crippen molar-refractivity contribution < 1.29 is 8.83 Å². The van der Waals surface area contributed by atoms with Gasteiger partial charge in [0.1, 0.15) is 16.7 Å². The molecule has 0 amide bonds. The van der Waals surface area contributed by atoms with Crippen molar-refractivity contribution in [1.82, 2.24) is 0 Å². The Morgan fingerprint density at radius 3 is 1.69 bits per heavy atom. The van der Waals surface area contributed by atoms with Gasteiger partial charge in [-0.15, -0.1) is 11.3 Å². The van der Waals surface area contributed by atoms with Crippen molar-refractivity contribution in [3.8, 4) is 22.3 Å². The van der Waals surface area contributed by atoms with Crippen LogP contribution >= 0.6 is 11.3 Å². The first-order valence-corrected chi connectivity index (χ1v) is 18.3. The molecule has 0 atom stereocenters. The Hall–Kier alpha value is -6.62. The summed E-state index contributed by atoms with van der Waals surface area (Å²) in [5.74, 6) is 0. The van der Waals surface area contributed by atoms with E-state index < -0.39 is 0 Å². The molecule has 0 aliphatic carbocycles. The van der Waals surface area contributed by atoms with E-state index in [4.69, 9.17) is 8.83 Å². The van der Waals surface area contributed by atoms with E-state index in [-0.39, 0.29) is 0 Å². The van der Waals surface area contributed by atoms with Gasteiger partial charge >= 0.3 is 0 Å². The second-order valence-electron chi connectivity index (χ2n) is 13.2. The van der Waals surface area contributed by atoms with Gasteiger partial charge in [-0.05, 0) is 53.6 Å². The number of nitrogens with zero attached hydrogens (tertiary/aromatic N) is 1. The fourth-order valence-electron chi connectivity index (χ4n) is 7.94. The molecule has 52 heavy (non-hydrogen) atoms. The van der Waals surface area contributed by atoms with Crippen molar-refractivity contribution in [3.05, 3.63) is 176 Å². The van der Waals surface area contributed by atoms with Crippen molar-refractivity contribution >= 4 is 92.4 Å². The Morgan fingerprint density at radius 1 is 0.365 bits per heavy atom. The zero-order valence-electron chi connectivity index (χ0n) is 27.9. The van der Waals surface area contributed by atoms with E-state index in [2.05, 4.69) is 157 Å². The van der Waals surface area contributed by atoms with Crippen LogP contribution in [0.5, 0.6) is 0 Å². The van der Waals surface area contributed by atoms with Gasteiger partial charge in [-0.25, -0.2) is 0 Å². The summed E-state index contributed by atoms with van der Waals surface area (Å²) in [6, 6.07) is 62.4. The van der Waals surface area contributed by atoms with Crippen molar-refractivity contribution in [2.75, 3.05) is 4.90 Å². The highest BCUT2D eigenvalue weighted by atomic mass is 32.1. The van der Waals surface area contributed by atoms with Gasteiger partial charge < -0.3 is 13.7 Å². The summed E-state index contributed by atoms with van der Waals surface area (Å²) in [5.41, 5.74) is 11.1. The van der Waals surface area contributed by atoms with Crippen molar-refractivity contribution in [1.29, 1.82) is 0 Å². The van der Waals surface area contributed by atoms with Crippen LogP contribution in [0.2, 0.25) is 0 Å². The molecule has 0 spiro atoms. The lowest BCUT2D eigenvalue weighted by Gasteiger charge is -2.28. The largest absolute Gasteiger partial charge is 0.455 e. The summed E-state index contributed by atoms with van der Waals surface area (Å²) in [4.78, 5) is 2.34. The molecule has 0 N–H and O–H groups in total. The smallest absolute Gasteiger partial charge is 0.159 e. The van der Waals surface area contributed by atoms with Crippen LogP contribution in [0.1, 0.15) is 0 Å². The predicted molar refractivity (Wildman–Crippen MR) is 219 cm³/mol. The fraction of sp³-hybridized carbons (Fsp3) is 0. The zero-order chi connectivity index (χ0) is 34.2. The highest BCUT2D eigenvalue weighted by Crippen LogP contribution is 2.48. The third-order valence-corrected chi connectivity index (χ3v) is 11.5. The standard InChI is InChI=1S/C48H29NO2S/c1-5-21-41(33(12-1)37-17-10-18-38-34-13-2-6-23-43(34)50-46(37)38)49(42-22-11-19-39-35-14-3-7-24-44(35)51-47(39)42)31-28-26-30(27-29-31)32-16-9-20-40-36-15-4-8-25-45(36)52-48(32)40/h1-29H. The number of thiophene rings is 1. The lowest BCUT2D eigenvalue weighted by Crippen LogP contribution is -2.11. The number of benzene rings is 8. The zero-order valence-corrected chi connectivity index (χ0v) is 28.7. The Balaban J connectivity index is 1.14. The maximum absolute atomic E-state index is 6.67. The molecule has 0 saturated heterocycles. The summed E-state index contributed by atoms with van der Waals surface area (Å²) in [7, 11) is 0. The van der Waals surface area contributed by atoms with Crippen LogP contribution in [0.15, 0.2) is 185 Å². The molecule has 0 aliphatic rings. The average Bonchev–Trinajstić information content (AvgIpc) is 3.90. The van der Waals surface area contributed by atoms with Crippen LogP contribution in [-0.2, 0) is 0 Å². The lowest BCUT2D eigenvalue weighted by atomic mass is 9.98. The molecular formula is C48H29NO2S. The number of hydrogen-bond donors (Lipinski definition) is 0. The Morgan fingerprint density at radius 2 is 0.904 bits per heavy atom. The van der Waals surface area contributed by atoms with Crippen LogP contribution < -0.4 is 4.90 Å². The topological polar surface area (TPSA) is 29.5 Å². The van der Waals surface area contributed by atoms with Gasteiger partial charge in [0.15, 0.2) is 5.58 Å². The molecule has 11 rings (SSSR count). The van der Waals surface area contributed by atoms with E-state index in [1.165, 1.54) is 31.3 Å². The van der Waals surface area contributed by atoms with Crippen LogP contribution in [0.25, 0.3) is 86.3 Å². The summed E-state index contributed by atoms with van der Waals surface area (Å²) in [6.45, 7) is 0. The number of para-hydroxylation sites is 5. The van der Waals surface area contributed by atoms with Gasteiger partial charge in [0.2, 0.25) is 0 Å². The maximum atomic E-state index is 6.67. The molecule has 0 unspecified atom stereocenters. The summed E-state index contributed by atoms with van der Waals surface area (Å²) >= 11 is 1.86. The minimum absolute atomic E-state index is 0.847. The average molecular weight is 684 g/mol. The number of rotatable bonds is 5. The third-order valence-electron chi connectivity index (χ3n) is 10.3. The van der Waals surface area contributed by atoms with E-state index in [0.29, 0.717) is 0 Å². The van der Waals surface area contributed by atoms with E-state index in [0.717, 1.165) is 72.1 Å². The molecular weight excluding hydrogens is 655 g/mol. The quantitative estimate of drug-likeness (QED) is 0.181. The lowest BCUT2D eigenvalue weighted by molar-refractivity contribution is 0.669. The second-order valence-corrected chi connectivity index (χ2v) is 14.3. The van der Waals surface area contributed by atoms with Gasteiger partial charge in [0.05, 0.1) is 11.4 Å². The molecule has 244 valence electrons. The molecule has 4 heteroatoms. The monoisotopic (exact) mass is 683 g/mol. The predicted octanol–water partition coefficient (Wildman–Crippen LogP) is 14.7. The van der Waals surface area contributed by atoms with E-state index in [9.17, 15) is 0 Å². The van der Waals surface area contributed by atoms with Gasteiger partial charge in [0, 0.05) is 58.5 Å². The second kappa shape index (κ2) is 11.5. The van der Waals surface area contributed by atoms with Gasteiger partial charge in [-0.2, -0.15) is 0 Å². The first kappa shape index (κ1) is 29.1. The minimum Gasteiger partial charge on any atom is -0.455 e. The summed E-state index contributed by atoms with van der Waals surface area (Å²) in [6.07, 6.45) is 0. The third kappa shape index (κ3) is 4.38. The van der Waals surface area contributed by atoms with Crippen LogP contribution in [-0.4, -0.2) is 0 Å². The fourth-order valence-corrected chi connectivity index (χ4v) is 9.17. The summed E-state index contributed by atoms with van der Waals surface area (Å²) < 4.78 is 15.9. The van der Waals surface area contributed by atoms with E-state index in [1.807, 2.05) is 35.6 Å². The Labute approximate surface area is 303 Å². The molecule has 0 bridgehead atoms. The number of fused-ring (bicyclic) bond motifs is 9. The molecule has 0 radical (unpaired) electrons. The highest BCUT2D eigenvalue weighted by molar-refractivity contribution is 7.26. The molecule has 0 fully saturated rings. The van der Waals surface area contributed by atoms with Gasteiger partial charge in [-0.3, -0.25) is 0 Å². The number of anilines is 3. The van der Waals surface area contributed by atoms with Crippen LogP contribution in [0, 0.1) is 0 Å². The summed E-state index contributed by atoms with van der Waals surface area (Å²) in [5, 5.41) is 7.02. The minimum atomic E-state index is 0.847. The molecule has 3 nitrogen and oxygen atoms in total. The van der Waals surface area contributed by atoms with E-state index in [1.54, 1.807) is 0 Å². The first-order chi connectivity index (χ1) is 25.8. The normalized spacial score (nSPS) is 11.8. The first-order valence-electron chi connectivity index (χ1n) is 17.5. The van der Waals surface area contributed by atoms with Gasteiger partial charge in [0.25, 0.3) is 0 Å². The Bertz CT molecular complexity index is 3150. The molecule has 3 aromatic heterocycles. The molecule has 0 saturated carbocycles.